The summed E-state index contributed by atoms with van der Waals surface area (Å²) in [6.45, 7) is 4.47. The van der Waals surface area contributed by atoms with Crippen LogP contribution in [0.15, 0.2) is 28.3 Å². The Morgan fingerprint density at radius 3 is 3.05 bits per heavy atom. The van der Waals surface area contributed by atoms with Crippen LogP contribution in [0.3, 0.4) is 0 Å². The third kappa shape index (κ3) is 2.98. The van der Waals surface area contributed by atoms with Crippen molar-refractivity contribution in [3.63, 3.8) is 0 Å². The van der Waals surface area contributed by atoms with Crippen LogP contribution in [-0.4, -0.2) is 23.1 Å². The molecule has 0 saturated carbocycles. The fraction of sp³-hybridized carbons (Fsp3) is 0.533. The zero-order valence-corrected chi connectivity index (χ0v) is 12.2. The molecular formula is C15H18N2OS. The van der Waals surface area contributed by atoms with Gasteiger partial charge in [0.15, 0.2) is 0 Å². The van der Waals surface area contributed by atoms with Gasteiger partial charge in [0.2, 0.25) is 0 Å². The Morgan fingerprint density at radius 1 is 1.58 bits per heavy atom. The van der Waals surface area contributed by atoms with Crippen LogP contribution in [0.1, 0.15) is 33.1 Å². The largest absolute Gasteiger partial charge is 0.303 e. The Balaban J connectivity index is 2.31. The number of dihydropyridines is 1. The minimum Gasteiger partial charge on any atom is -0.303 e. The maximum Gasteiger partial charge on any atom is 0.131 e. The summed E-state index contributed by atoms with van der Waals surface area (Å²) in [5.41, 5.74) is 1.94. The first kappa shape index (κ1) is 14.1. The van der Waals surface area contributed by atoms with E-state index in [2.05, 4.69) is 31.0 Å². The number of fused-ring (bicyclic) bond motifs is 1. The van der Waals surface area contributed by atoms with E-state index in [0.29, 0.717) is 12.0 Å². The minimum atomic E-state index is -0.300. The first-order valence-corrected chi connectivity index (χ1v) is 7.45. The van der Waals surface area contributed by atoms with Crippen molar-refractivity contribution in [2.75, 3.05) is 5.75 Å². The van der Waals surface area contributed by atoms with E-state index >= 15 is 0 Å². The molecule has 3 nitrogen and oxygen atoms in total. The number of hydrogen-bond acceptors (Lipinski definition) is 4. The molecule has 1 heterocycles. The molecular weight excluding hydrogens is 256 g/mol. The summed E-state index contributed by atoms with van der Waals surface area (Å²) in [4.78, 5) is 14.9. The average molecular weight is 274 g/mol. The van der Waals surface area contributed by atoms with Gasteiger partial charge in [-0.05, 0) is 29.9 Å². The highest BCUT2D eigenvalue weighted by atomic mass is 32.2. The summed E-state index contributed by atoms with van der Waals surface area (Å²) in [7, 11) is 0. The number of nitrogens with zero attached hydrogens (tertiary/aromatic N) is 2. The fourth-order valence-corrected chi connectivity index (χ4v) is 4.03. The molecule has 0 amide bonds. The smallest absolute Gasteiger partial charge is 0.131 e. The van der Waals surface area contributed by atoms with E-state index in [1.807, 2.05) is 6.08 Å². The summed E-state index contributed by atoms with van der Waals surface area (Å²) in [6.07, 6.45) is 9.26. The van der Waals surface area contributed by atoms with Crippen LogP contribution in [0.4, 0.5) is 0 Å². The Hall–Kier alpha value is -1.34. The van der Waals surface area contributed by atoms with Crippen molar-refractivity contribution < 1.29 is 4.79 Å². The Morgan fingerprint density at radius 2 is 2.37 bits per heavy atom. The fourth-order valence-electron chi connectivity index (χ4n) is 2.55. The van der Waals surface area contributed by atoms with Crippen molar-refractivity contribution in [1.82, 2.24) is 0 Å². The third-order valence-corrected chi connectivity index (χ3v) is 4.88. The van der Waals surface area contributed by atoms with E-state index in [1.54, 1.807) is 18.0 Å². The van der Waals surface area contributed by atoms with Gasteiger partial charge in [-0.2, -0.15) is 5.26 Å². The van der Waals surface area contributed by atoms with Gasteiger partial charge in [0.05, 0.1) is 5.57 Å². The maximum atomic E-state index is 10.5. The molecule has 0 aromatic carbocycles. The van der Waals surface area contributed by atoms with Gasteiger partial charge in [0.1, 0.15) is 17.2 Å². The van der Waals surface area contributed by atoms with Crippen LogP contribution in [0.5, 0.6) is 0 Å². The van der Waals surface area contributed by atoms with Gasteiger partial charge in [0, 0.05) is 18.4 Å². The normalized spacial score (nSPS) is 27.8. The van der Waals surface area contributed by atoms with Crippen molar-refractivity contribution >= 4 is 24.3 Å². The Kier molecular flexibility index (Phi) is 3.96. The number of aliphatic imine (C=N–C) groups is 1. The molecule has 2 rings (SSSR count). The third-order valence-electron chi connectivity index (χ3n) is 3.47. The standard InChI is InChI=1S/C15H18N2OS/c1-14(2)5-4-13-8-12(9-16)10-17-15(13,11-14)19-7-3-6-18/h4,6,8,10H,3,5,7,11H2,1-2H3. The summed E-state index contributed by atoms with van der Waals surface area (Å²) in [5.74, 6) is 0.768. The molecule has 1 atom stereocenters. The van der Waals surface area contributed by atoms with Crippen LogP contribution < -0.4 is 0 Å². The van der Waals surface area contributed by atoms with Crippen LogP contribution in [0.25, 0.3) is 0 Å². The van der Waals surface area contributed by atoms with Crippen molar-refractivity contribution in [2.24, 2.45) is 10.4 Å². The molecule has 0 aromatic rings. The van der Waals surface area contributed by atoms with Gasteiger partial charge < -0.3 is 4.79 Å². The summed E-state index contributed by atoms with van der Waals surface area (Å²) < 4.78 is 0. The van der Waals surface area contributed by atoms with Crippen LogP contribution in [0.2, 0.25) is 0 Å². The Bertz CT molecular complexity index is 511. The van der Waals surface area contributed by atoms with Gasteiger partial charge in [0.25, 0.3) is 0 Å². The minimum absolute atomic E-state index is 0.201. The number of thioether (sulfide) groups is 1. The highest BCUT2D eigenvalue weighted by Gasteiger charge is 2.42. The molecule has 4 heteroatoms. The number of carbonyl (C=O) groups is 1. The average Bonchev–Trinajstić information content (AvgIpc) is 2.37. The molecule has 0 saturated heterocycles. The molecule has 1 aliphatic carbocycles. The van der Waals surface area contributed by atoms with Gasteiger partial charge in [-0.3, -0.25) is 4.99 Å². The van der Waals surface area contributed by atoms with Crippen molar-refractivity contribution in [3.05, 3.63) is 23.3 Å². The van der Waals surface area contributed by atoms with Crippen LogP contribution in [0, 0.1) is 16.7 Å². The SMILES string of the molecule is CC1(C)CC=C2C=C(C#N)C=NC2(SCCC=O)C1. The van der Waals surface area contributed by atoms with E-state index in [9.17, 15) is 4.79 Å². The number of nitriles is 1. The van der Waals surface area contributed by atoms with Crippen molar-refractivity contribution in [2.45, 2.75) is 38.0 Å². The van der Waals surface area contributed by atoms with Crippen molar-refractivity contribution in [1.29, 1.82) is 5.26 Å². The summed E-state index contributed by atoms with van der Waals surface area (Å²) in [5, 5.41) is 8.99. The summed E-state index contributed by atoms with van der Waals surface area (Å²) >= 11 is 1.72. The quantitative estimate of drug-likeness (QED) is 0.584. The molecule has 2 aliphatic rings. The number of carbonyl (C=O) groups excluding carboxylic acids is 1. The number of hydrogen-bond donors (Lipinski definition) is 0. The van der Waals surface area contributed by atoms with Crippen molar-refractivity contribution in [3.8, 4) is 6.07 Å². The van der Waals surface area contributed by atoms with E-state index in [1.165, 1.54) is 0 Å². The second-order valence-electron chi connectivity index (χ2n) is 5.76. The second-order valence-corrected chi connectivity index (χ2v) is 7.13. The molecule has 0 bridgehead atoms. The molecule has 0 aromatic heterocycles. The molecule has 19 heavy (non-hydrogen) atoms. The number of allylic oxidation sites excluding steroid dienone is 2. The molecule has 100 valence electrons. The van der Waals surface area contributed by atoms with Gasteiger partial charge in [-0.1, -0.05) is 19.9 Å². The zero-order chi connectivity index (χ0) is 13.9. The predicted molar refractivity (Wildman–Crippen MR) is 79.2 cm³/mol. The molecule has 0 fully saturated rings. The van der Waals surface area contributed by atoms with E-state index in [4.69, 9.17) is 5.26 Å². The lowest BCUT2D eigenvalue weighted by Crippen LogP contribution is -2.37. The topological polar surface area (TPSA) is 53.2 Å². The first-order chi connectivity index (χ1) is 9.01. The lowest BCUT2D eigenvalue weighted by molar-refractivity contribution is -0.107. The predicted octanol–water partition coefficient (Wildman–Crippen LogP) is 3.29. The first-order valence-electron chi connectivity index (χ1n) is 6.47. The molecule has 1 aliphatic heterocycles. The maximum absolute atomic E-state index is 10.5. The van der Waals surface area contributed by atoms with E-state index < -0.39 is 0 Å². The highest BCUT2D eigenvalue weighted by molar-refractivity contribution is 8.00. The highest BCUT2D eigenvalue weighted by Crippen LogP contribution is 2.50. The second kappa shape index (κ2) is 5.34. The lowest BCUT2D eigenvalue weighted by Gasteiger charge is -2.42. The van der Waals surface area contributed by atoms with Gasteiger partial charge in [-0.15, -0.1) is 11.8 Å². The monoisotopic (exact) mass is 274 g/mol. The summed E-state index contributed by atoms with van der Waals surface area (Å²) in [6, 6.07) is 2.15. The molecule has 0 radical (unpaired) electrons. The number of rotatable bonds is 4. The Labute approximate surface area is 118 Å². The molecule has 0 N–H and O–H groups in total. The van der Waals surface area contributed by atoms with Crippen LogP contribution >= 0.6 is 11.8 Å². The molecule has 1 unspecified atom stereocenters. The number of aldehydes is 1. The van der Waals surface area contributed by atoms with Gasteiger partial charge >= 0.3 is 0 Å². The molecule has 0 spiro atoms. The van der Waals surface area contributed by atoms with E-state index in [-0.39, 0.29) is 10.3 Å². The van der Waals surface area contributed by atoms with Crippen LogP contribution in [-0.2, 0) is 4.79 Å². The zero-order valence-electron chi connectivity index (χ0n) is 11.3. The van der Waals surface area contributed by atoms with Gasteiger partial charge in [-0.25, -0.2) is 0 Å². The van der Waals surface area contributed by atoms with E-state index in [0.717, 1.165) is 30.5 Å². The lowest BCUT2D eigenvalue weighted by atomic mass is 9.74.